The zero-order valence-corrected chi connectivity index (χ0v) is 9.35. The van der Waals surface area contributed by atoms with Crippen LogP contribution < -0.4 is 11.1 Å². The second kappa shape index (κ2) is 4.73. The number of nitrogens with two attached hydrogens (primary N) is 1. The van der Waals surface area contributed by atoms with Crippen LogP contribution in [0.1, 0.15) is 30.4 Å². The highest BCUT2D eigenvalue weighted by atomic mass is 16.5. The number of primary amides is 1. The topological polar surface area (TPSA) is 111 Å². The molecule has 1 aromatic heterocycles. The van der Waals surface area contributed by atoms with Gasteiger partial charge in [-0.3, -0.25) is 9.59 Å². The van der Waals surface area contributed by atoms with E-state index in [4.69, 9.17) is 5.73 Å². The molecule has 0 fully saturated rings. The Morgan fingerprint density at radius 2 is 2.06 bits per heavy atom. The molecule has 0 aliphatic rings. The van der Waals surface area contributed by atoms with Crippen LogP contribution in [0.3, 0.4) is 0 Å². The third kappa shape index (κ3) is 2.78. The first-order chi connectivity index (χ1) is 7.41. The van der Waals surface area contributed by atoms with E-state index in [-0.39, 0.29) is 17.6 Å². The molecule has 2 amide bonds. The highest BCUT2D eigenvalue weighted by molar-refractivity contribution is 5.94. The predicted molar refractivity (Wildman–Crippen MR) is 54.3 cm³/mol. The first-order valence-electron chi connectivity index (χ1n) is 4.82. The molecule has 16 heavy (non-hydrogen) atoms. The smallest absolute Gasteiger partial charge is 0.293 e. The molecule has 7 heteroatoms. The molecule has 1 heterocycles. The number of carbonyl (C=O) groups is 2. The molecular weight excluding hydrogens is 212 g/mol. The summed E-state index contributed by atoms with van der Waals surface area (Å²) in [6.07, 6.45) is 0. The second-order valence-corrected chi connectivity index (χ2v) is 3.73. The summed E-state index contributed by atoms with van der Waals surface area (Å²) in [5.74, 6) is -1.10. The van der Waals surface area contributed by atoms with Crippen LogP contribution in [-0.2, 0) is 4.79 Å². The van der Waals surface area contributed by atoms with Crippen LogP contribution in [0.4, 0.5) is 0 Å². The van der Waals surface area contributed by atoms with Gasteiger partial charge in [0.2, 0.25) is 11.8 Å². The summed E-state index contributed by atoms with van der Waals surface area (Å²) in [7, 11) is 0. The Morgan fingerprint density at radius 1 is 1.44 bits per heavy atom. The lowest BCUT2D eigenvalue weighted by atomic mass is 10.0. The molecule has 1 unspecified atom stereocenters. The third-order valence-corrected chi connectivity index (χ3v) is 1.99. The Bertz CT molecular complexity index is 399. The normalized spacial score (nSPS) is 12.5. The summed E-state index contributed by atoms with van der Waals surface area (Å²) in [5, 5.41) is 5.88. The summed E-state index contributed by atoms with van der Waals surface area (Å²) in [6.45, 7) is 5.12. The molecule has 0 saturated carbocycles. The van der Waals surface area contributed by atoms with Gasteiger partial charge in [0.1, 0.15) is 6.04 Å². The number of aromatic nitrogens is 2. The van der Waals surface area contributed by atoms with Crippen molar-refractivity contribution >= 4 is 11.8 Å². The van der Waals surface area contributed by atoms with Crippen LogP contribution >= 0.6 is 0 Å². The molecule has 0 aliphatic carbocycles. The number of carbonyl (C=O) groups excluding carboxylic acids is 2. The average Bonchev–Trinajstić information content (AvgIpc) is 2.59. The van der Waals surface area contributed by atoms with Crippen LogP contribution in [0, 0.1) is 12.8 Å². The van der Waals surface area contributed by atoms with E-state index in [0.717, 1.165) is 0 Å². The molecule has 3 N–H and O–H groups in total. The fourth-order valence-electron chi connectivity index (χ4n) is 1.16. The quantitative estimate of drug-likeness (QED) is 0.726. The molecule has 0 aromatic carbocycles. The van der Waals surface area contributed by atoms with Crippen LogP contribution in [-0.4, -0.2) is 28.0 Å². The maximum atomic E-state index is 11.6. The maximum absolute atomic E-state index is 11.6. The lowest BCUT2D eigenvalue weighted by Gasteiger charge is -2.17. The molecule has 7 nitrogen and oxygen atoms in total. The highest BCUT2D eigenvalue weighted by Gasteiger charge is 2.24. The zero-order chi connectivity index (χ0) is 12.3. The van der Waals surface area contributed by atoms with Crippen molar-refractivity contribution in [1.29, 1.82) is 0 Å². The second-order valence-electron chi connectivity index (χ2n) is 3.73. The minimum Gasteiger partial charge on any atom is -0.368 e. The molecule has 1 rings (SSSR count). The number of hydrogen-bond donors (Lipinski definition) is 2. The summed E-state index contributed by atoms with van der Waals surface area (Å²) in [6, 6.07) is -0.744. The lowest BCUT2D eigenvalue weighted by Crippen LogP contribution is -2.47. The van der Waals surface area contributed by atoms with Gasteiger partial charge in [0, 0.05) is 6.92 Å². The Morgan fingerprint density at radius 3 is 2.44 bits per heavy atom. The molecule has 0 bridgehead atoms. The van der Waals surface area contributed by atoms with Crippen molar-refractivity contribution in [2.45, 2.75) is 26.8 Å². The van der Waals surface area contributed by atoms with Gasteiger partial charge in [-0.15, -0.1) is 0 Å². The van der Waals surface area contributed by atoms with Crippen LogP contribution in [0.15, 0.2) is 4.52 Å². The van der Waals surface area contributed by atoms with Crippen molar-refractivity contribution in [1.82, 2.24) is 15.5 Å². The first-order valence-corrected chi connectivity index (χ1v) is 4.82. The number of rotatable bonds is 4. The number of aryl methyl sites for hydroxylation is 1. The van der Waals surface area contributed by atoms with Gasteiger partial charge in [-0.1, -0.05) is 19.0 Å². The minimum atomic E-state index is -0.744. The number of nitrogens with zero attached hydrogens (tertiary/aromatic N) is 2. The van der Waals surface area contributed by atoms with E-state index in [1.807, 2.05) is 0 Å². The van der Waals surface area contributed by atoms with Crippen molar-refractivity contribution in [3.8, 4) is 0 Å². The summed E-state index contributed by atoms with van der Waals surface area (Å²) < 4.78 is 4.65. The highest BCUT2D eigenvalue weighted by Crippen LogP contribution is 2.02. The van der Waals surface area contributed by atoms with Gasteiger partial charge in [-0.2, -0.15) is 4.98 Å². The van der Waals surface area contributed by atoms with Gasteiger partial charge in [-0.25, -0.2) is 0 Å². The van der Waals surface area contributed by atoms with Gasteiger partial charge in [0.15, 0.2) is 0 Å². The number of hydrogen-bond acceptors (Lipinski definition) is 5. The van der Waals surface area contributed by atoms with Gasteiger partial charge in [0.25, 0.3) is 11.7 Å². The lowest BCUT2D eigenvalue weighted by molar-refractivity contribution is -0.120. The fourth-order valence-corrected chi connectivity index (χ4v) is 1.16. The van der Waals surface area contributed by atoms with Crippen molar-refractivity contribution in [2.24, 2.45) is 11.7 Å². The van der Waals surface area contributed by atoms with Crippen molar-refractivity contribution in [3.05, 3.63) is 11.7 Å². The maximum Gasteiger partial charge on any atom is 0.293 e. The molecule has 0 saturated heterocycles. The van der Waals surface area contributed by atoms with E-state index in [0.29, 0.717) is 0 Å². The summed E-state index contributed by atoms with van der Waals surface area (Å²) in [5.41, 5.74) is 5.15. The predicted octanol–water partition coefficient (Wildman–Crippen LogP) is -0.382. The van der Waals surface area contributed by atoms with Gasteiger partial charge >= 0.3 is 0 Å². The van der Waals surface area contributed by atoms with E-state index in [9.17, 15) is 9.59 Å². The standard InChI is InChI=1S/C9H14N4O3/c1-4(2)6(7(10)14)12-9(15)8-11-5(3)16-13-8/h4,6H,1-3H3,(H2,10,14)(H,12,15). The monoisotopic (exact) mass is 226 g/mol. The van der Waals surface area contributed by atoms with Gasteiger partial charge in [0.05, 0.1) is 0 Å². The zero-order valence-electron chi connectivity index (χ0n) is 9.35. The molecule has 0 spiro atoms. The Balaban J connectivity index is 2.73. The molecular formula is C9H14N4O3. The summed E-state index contributed by atoms with van der Waals surface area (Å²) in [4.78, 5) is 26.4. The Hall–Kier alpha value is -1.92. The van der Waals surface area contributed by atoms with Crippen LogP contribution in [0.25, 0.3) is 0 Å². The fraction of sp³-hybridized carbons (Fsp3) is 0.556. The minimum absolute atomic E-state index is 0.102. The Kier molecular flexibility index (Phi) is 3.60. The van der Waals surface area contributed by atoms with Crippen molar-refractivity contribution in [2.75, 3.05) is 0 Å². The van der Waals surface area contributed by atoms with E-state index in [1.165, 1.54) is 0 Å². The van der Waals surface area contributed by atoms with Crippen LogP contribution in [0.5, 0.6) is 0 Å². The van der Waals surface area contributed by atoms with E-state index in [2.05, 4.69) is 20.0 Å². The van der Waals surface area contributed by atoms with Gasteiger partial charge < -0.3 is 15.6 Å². The third-order valence-electron chi connectivity index (χ3n) is 1.99. The SMILES string of the molecule is Cc1nc(C(=O)NC(C(N)=O)C(C)C)no1. The number of nitrogens with one attached hydrogen (secondary N) is 1. The van der Waals surface area contributed by atoms with Crippen LogP contribution in [0.2, 0.25) is 0 Å². The van der Waals surface area contributed by atoms with Crippen molar-refractivity contribution in [3.63, 3.8) is 0 Å². The molecule has 88 valence electrons. The van der Waals surface area contributed by atoms with E-state index in [1.54, 1.807) is 20.8 Å². The molecule has 1 atom stereocenters. The average molecular weight is 226 g/mol. The number of amides is 2. The molecule has 0 radical (unpaired) electrons. The largest absolute Gasteiger partial charge is 0.368 e. The van der Waals surface area contributed by atoms with Gasteiger partial charge in [-0.05, 0) is 5.92 Å². The van der Waals surface area contributed by atoms with E-state index < -0.39 is 17.9 Å². The molecule has 1 aromatic rings. The van der Waals surface area contributed by atoms with E-state index >= 15 is 0 Å². The Labute approximate surface area is 92.4 Å². The van der Waals surface area contributed by atoms with Crippen molar-refractivity contribution < 1.29 is 14.1 Å². The molecule has 0 aliphatic heterocycles. The first kappa shape index (κ1) is 12.2. The summed E-state index contributed by atoms with van der Waals surface area (Å²) >= 11 is 0.